The first-order valence-electron chi connectivity index (χ1n) is 7.03. The number of hydrogen-bond acceptors (Lipinski definition) is 2. The molecule has 0 atom stereocenters. The Hall–Kier alpha value is -1.82. The van der Waals surface area contributed by atoms with Gasteiger partial charge in [0.15, 0.2) is 5.76 Å². The zero-order chi connectivity index (χ0) is 15.9. The lowest BCUT2D eigenvalue weighted by Crippen LogP contribution is -2.13. The third-order valence-corrected chi connectivity index (χ3v) is 4.41. The van der Waals surface area contributed by atoms with E-state index >= 15 is 0 Å². The molecule has 1 amide bonds. The van der Waals surface area contributed by atoms with Crippen molar-refractivity contribution in [1.82, 2.24) is 0 Å². The Morgan fingerprint density at radius 3 is 2.59 bits per heavy atom. The quantitative estimate of drug-likeness (QED) is 0.595. The fourth-order valence-corrected chi connectivity index (χ4v) is 3.14. The number of carbonyl (C=O) groups excluding carboxylic acids is 1. The van der Waals surface area contributed by atoms with Gasteiger partial charge in [-0.05, 0) is 79.3 Å². The summed E-state index contributed by atoms with van der Waals surface area (Å²) in [6.45, 7) is 5.92. The van der Waals surface area contributed by atoms with Gasteiger partial charge in [0.05, 0.1) is 0 Å². The lowest BCUT2D eigenvalue weighted by molar-refractivity contribution is 0.0998. The predicted molar refractivity (Wildman–Crippen MR) is 97.5 cm³/mol. The van der Waals surface area contributed by atoms with Crippen molar-refractivity contribution in [2.24, 2.45) is 0 Å². The van der Waals surface area contributed by atoms with Crippen LogP contribution in [0.5, 0.6) is 0 Å². The van der Waals surface area contributed by atoms with Gasteiger partial charge in [-0.3, -0.25) is 4.79 Å². The van der Waals surface area contributed by atoms with E-state index in [2.05, 4.69) is 27.9 Å². The molecule has 0 aliphatic carbocycles. The number of anilines is 1. The number of carbonyl (C=O) groups is 1. The molecule has 4 heteroatoms. The van der Waals surface area contributed by atoms with Gasteiger partial charge in [-0.15, -0.1) is 0 Å². The standard InChI is InChI=1S/C18H16INO2/c1-10-4-7-16-14(8-10)12(3)17(22-16)18(21)20-15-6-5-13(19)9-11(15)2/h4-9H,1-3H3,(H,20,21). The molecular formula is C18H16INO2. The molecule has 2 aromatic carbocycles. The molecule has 0 radical (unpaired) electrons. The summed E-state index contributed by atoms with van der Waals surface area (Å²) in [6.07, 6.45) is 0. The second kappa shape index (κ2) is 5.76. The molecule has 0 aliphatic rings. The number of aryl methyl sites for hydroxylation is 3. The summed E-state index contributed by atoms with van der Waals surface area (Å²) in [6, 6.07) is 11.8. The van der Waals surface area contributed by atoms with Crippen LogP contribution in [-0.4, -0.2) is 5.91 Å². The minimum Gasteiger partial charge on any atom is -0.451 e. The maximum Gasteiger partial charge on any atom is 0.291 e. The van der Waals surface area contributed by atoms with E-state index in [0.717, 1.165) is 36.9 Å². The fraction of sp³-hybridized carbons (Fsp3) is 0.167. The highest BCUT2D eigenvalue weighted by molar-refractivity contribution is 14.1. The number of amides is 1. The highest BCUT2D eigenvalue weighted by atomic mass is 127. The summed E-state index contributed by atoms with van der Waals surface area (Å²) >= 11 is 2.25. The Morgan fingerprint density at radius 1 is 1.09 bits per heavy atom. The first-order valence-corrected chi connectivity index (χ1v) is 8.11. The Kier molecular flexibility index (Phi) is 3.95. The summed E-state index contributed by atoms with van der Waals surface area (Å²) in [5, 5.41) is 3.92. The molecule has 1 aromatic heterocycles. The summed E-state index contributed by atoms with van der Waals surface area (Å²) in [4.78, 5) is 12.5. The fourth-order valence-electron chi connectivity index (χ4n) is 2.50. The van der Waals surface area contributed by atoms with Crippen LogP contribution in [0.15, 0.2) is 40.8 Å². The minimum atomic E-state index is -0.212. The average molecular weight is 405 g/mol. The van der Waals surface area contributed by atoms with E-state index < -0.39 is 0 Å². The zero-order valence-electron chi connectivity index (χ0n) is 12.7. The van der Waals surface area contributed by atoms with Gasteiger partial charge in [-0.2, -0.15) is 0 Å². The third-order valence-electron chi connectivity index (χ3n) is 3.73. The highest BCUT2D eigenvalue weighted by Crippen LogP contribution is 2.27. The molecule has 1 heterocycles. The van der Waals surface area contributed by atoms with Crippen molar-refractivity contribution in [2.45, 2.75) is 20.8 Å². The van der Waals surface area contributed by atoms with E-state index in [1.54, 1.807) is 0 Å². The monoisotopic (exact) mass is 405 g/mol. The molecule has 1 N–H and O–H groups in total. The van der Waals surface area contributed by atoms with Crippen LogP contribution in [0.25, 0.3) is 11.0 Å². The molecule has 0 saturated carbocycles. The van der Waals surface area contributed by atoms with E-state index in [-0.39, 0.29) is 5.91 Å². The molecule has 0 aliphatic heterocycles. The van der Waals surface area contributed by atoms with Crippen LogP contribution < -0.4 is 5.32 Å². The van der Waals surface area contributed by atoms with Crippen molar-refractivity contribution in [3.8, 4) is 0 Å². The molecule has 0 saturated heterocycles. The molecular weight excluding hydrogens is 389 g/mol. The number of halogens is 1. The summed E-state index contributed by atoms with van der Waals surface area (Å²) in [7, 11) is 0. The Morgan fingerprint density at radius 2 is 1.86 bits per heavy atom. The number of hydrogen-bond donors (Lipinski definition) is 1. The topological polar surface area (TPSA) is 42.2 Å². The maximum atomic E-state index is 12.5. The first kappa shape index (κ1) is 15.1. The SMILES string of the molecule is Cc1ccc2oc(C(=O)Nc3ccc(I)cc3C)c(C)c2c1. The van der Waals surface area contributed by atoms with Crippen molar-refractivity contribution >= 4 is 45.2 Å². The normalized spacial score (nSPS) is 10.9. The molecule has 3 nitrogen and oxygen atoms in total. The van der Waals surface area contributed by atoms with Gasteiger partial charge in [0.2, 0.25) is 0 Å². The zero-order valence-corrected chi connectivity index (χ0v) is 14.8. The third kappa shape index (κ3) is 2.75. The van der Waals surface area contributed by atoms with Crippen molar-refractivity contribution in [3.05, 3.63) is 62.4 Å². The number of fused-ring (bicyclic) bond motifs is 1. The van der Waals surface area contributed by atoms with Gasteiger partial charge < -0.3 is 9.73 Å². The molecule has 0 fully saturated rings. The molecule has 22 heavy (non-hydrogen) atoms. The van der Waals surface area contributed by atoms with Gasteiger partial charge in [0.25, 0.3) is 5.91 Å². The number of furan rings is 1. The van der Waals surface area contributed by atoms with E-state index in [1.807, 2.05) is 57.2 Å². The summed E-state index contributed by atoms with van der Waals surface area (Å²) in [5.74, 6) is 0.161. The number of rotatable bonds is 2. The molecule has 0 spiro atoms. The van der Waals surface area contributed by atoms with Gasteiger partial charge in [-0.1, -0.05) is 11.6 Å². The summed E-state index contributed by atoms with van der Waals surface area (Å²) < 4.78 is 6.88. The second-order valence-corrected chi connectivity index (χ2v) is 6.71. The van der Waals surface area contributed by atoms with Crippen LogP contribution in [0.2, 0.25) is 0 Å². The second-order valence-electron chi connectivity index (χ2n) is 5.47. The van der Waals surface area contributed by atoms with Crippen LogP contribution in [0.4, 0.5) is 5.69 Å². The van der Waals surface area contributed by atoms with Gasteiger partial charge >= 0.3 is 0 Å². The number of benzene rings is 2. The predicted octanol–water partition coefficient (Wildman–Crippen LogP) is 5.21. The molecule has 3 aromatic rings. The van der Waals surface area contributed by atoms with Crippen LogP contribution in [0.3, 0.4) is 0 Å². The van der Waals surface area contributed by atoms with Gasteiger partial charge in [0, 0.05) is 20.2 Å². The smallest absolute Gasteiger partial charge is 0.291 e. The van der Waals surface area contributed by atoms with Crippen LogP contribution in [-0.2, 0) is 0 Å². The Bertz CT molecular complexity index is 880. The van der Waals surface area contributed by atoms with Gasteiger partial charge in [-0.25, -0.2) is 0 Å². The Labute approximate surface area is 142 Å². The van der Waals surface area contributed by atoms with E-state index in [0.29, 0.717) is 5.76 Å². The Balaban J connectivity index is 1.97. The number of nitrogens with one attached hydrogen (secondary N) is 1. The van der Waals surface area contributed by atoms with Gasteiger partial charge in [0.1, 0.15) is 5.58 Å². The van der Waals surface area contributed by atoms with Crippen LogP contribution in [0.1, 0.15) is 27.2 Å². The molecule has 112 valence electrons. The molecule has 0 unspecified atom stereocenters. The average Bonchev–Trinajstić information content (AvgIpc) is 2.79. The molecule has 3 rings (SSSR count). The minimum absolute atomic E-state index is 0.212. The lowest BCUT2D eigenvalue weighted by atomic mass is 10.1. The van der Waals surface area contributed by atoms with Crippen LogP contribution >= 0.6 is 22.6 Å². The molecule has 0 bridgehead atoms. The summed E-state index contributed by atoms with van der Waals surface area (Å²) in [5.41, 5.74) is 4.61. The first-order chi connectivity index (χ1) is 10.5. The van der Waals surface area contributed by atoms with Crippen molar-refractivity contribution in [2.75, 3.05) is 5.32 Å². The highest BCUT2D eigenvalue weighted by Gasteiger charge is 2.18. The van der Waals surface area contributed by atoms with E-state index in [9.17, 15) is 4.79 Å². The van der Waals surface area contributed by atoms with Crippen molar-refractivity contribution < 1.29 is 9.21 Å². The van der Waals surface area contributed by atoms with E-state index in [4.69, 9.17) is 4.42 Å². The van der Waals surface area contributed by atoms with E-state index in [1.165, 1.54) is 0 Å². The maximum absolute atomic E-state index is 12.5. The largest absolute Gasteiger partial charge is 0.451 e. The van der Waals surface area contributed by atoms with Crippen molar-refractivity contribution in [1.29, 1.82) is 0 Å². The van der Waals surface area contributed by atoms with Crippen LogP contribution in [0, 0.1) is 24.3 Å². The lowest BCUT2D eigenvalue weighted by Gasteiger charge is -2.07. The van der Waals surface area contributed by atoms with Crippen molar-refractivity contribution in [3.63, 3.8) is 0 Å².